The van der Waals surface area contributed by atoms with Gasteiger partial charge in [-0.3, -0.25) is 5.10 Å². The summed E-state index contributed by atoms with van der Waals surface area (Å²) >= 11 is 0. The summed E-state index contributed by atoms with van der Waals surface area (Å²) in [5.74, 6) is 0. The van der Waals surface area contributed by atoms with Gasteiger partial charge >= 0.3 is 0 Å². The molecule has 1 aromatic carbocycles. The summed E-state index contributed by atoms with van der Waals surface area (Å²) in [5, 5.41) is 8.18. The second-order valence-corrected chi connectivity index (χ2v) is 5.83. The fourth-order valence-electron chi connectivity index (χ4n) is 2.98. The van der Waals surface area contributed by atoms with Crippen LogP contribution in [0.2, 0.25) is 0 Å². The molecule has 21 heavy (non-hydrogen) atoms. The number of nitrogens with one attached hydrogen (secondary N) is 1. The van der Waals surface area contributed by atoms with E-state index in [0.29, 0.717) is 12.2 Å². The lowest BCUT2D eigenvalue weighted by Gasteiger charge is -2.14. The van der Waals surface area contributed by atoms with Gasteiger partial charge in [-0.2, -0.15) is 5.10 Å². The molecule has 0 unspecified atom stereocenters. The van der Waals surface area contributed by atoms with Crippen LogP contribution in [0.4, 0.5) is 0 Å². The molecule has 3 N–H and O–H groups in total. The normalized spacial score (nSPS) is 16.3. The van der Waals surface area contributed by atoms with Crippen LogP contribution in [-0.4, -0.2) is 26.7 Å². The zero-order chi connectivity index (χ0) is 14.4. The highest BCUT2D eigenvalue weighted by Crippen LogP contribution is 2.47. The average molecular weight is 279 g/mol. The van der Waals surface area contributed by atoms with Gasteiger partial charge in [0.1, 0.15) is 6.33 Å². The molecule has 5 nitrogen and oxygen atoms in total. The minimum absolute atomic E-state index is 0.188. The van der Waals surface area contributed by atoms with E-state index < -0.39 is 0 Å². The number of H-pyrrole nitrogens is 1. The summed E-state index contributed by atoms with van der Waals surface area (Å²) < 4.78 is 0. The Balaban J connectivity index is 1.89. The summed E-state index contributed by atoms with van der Waals surface area (Å²) in [6, 6.07) is 8.56. The van der Waals surface area contributed by atoms with Crippen molar-refractivity contribution >= 4 is 11.0 Å². The molecule has 1 saturated carbocycles. The fourth-order valence-corrected chi connectivity index (χ4v) is 2.98. The quantitative estimate of drug-likeness (QED) is 0.771. The number of nitrogens with two attached hydrogens (primary N) is 1. The predicted molar refractivity (Wildman–Crippen MR) is 81.8 cm³/mol. The van der Waals surface area contributed by atoms with Crippen molar-refractivity contribution in [2.24, 2.45) is 5.73 Å². The molecule has 1 aliphatic rings. The van der Waals surface area contributed by atoms with Crippen molar-refractivity contribution in [2.75, 3.05) is 6.54 Å². The summed E-state index contributed by atoms with van der Waals surface area (Å²) in [6.07, 6.45) is 3.92. The predicted octanol–water partition coefficient (Wildman–Crippen LogP) is 2.32. The number of aromatic amines is 1. The van der Waals surface area contributed by atoms with Gasteiger partial charge in [0.2, 0.25) is 0 Å². The lowest BCUT2D eigenvalue weighted by atomic mass is 9.93. The van der Waals surface area contributed by atoms with Crippen molar-refractivity contribution in [3.05, 3.63) is 41.9 Å². The molecular formula is C16H17N5. The summed E-state index contributed by atoms with van der Waals surface area (Å²) in [6.45, 7) is 2.70. The molecule has 106 valence electrons. The molecule has 0 spiro atoms. The number of benzene rings is 1. The molecular weight excluding hydrogens is 262 g/mol. The van der Waals surface area contributed by atoms with Crippen LogP contribution < -0.4 is 5.73 Å². The maximum atomic E-state index is 5.95. The van der Waals surface area contributed by atoms with Crippen LogP contribution in [0, 0.1) is 6.92 Å². The largest absolute Gasteiger partial charge is 0.330 e. The Morgan fingerprint density at radius 2 is 2.14 bits per heavy atom. The van der Waals surface area contributed by atoms with E-state index in [1.165, 1.54) is 18.4 Å². The van der Waals surface area contributed by atoms with Crippen LogP contribution in [0.3, 0.4) is 0 Å². The Morgan fingerprint density at radius 1 is 1.29 bits per heavy atom. The molecule has 0 radical (unpaired) electrons. The van der Waals surface area contributed by atoms with E-state index in [1.807, 2.05) is 6.92 Å². The topological polar surface area (TPSA) is 80.5 Å². The highest BCUT2D eigenvalue weighted by Gasteiger charge is 2.42. The molecule has 0 amide bonds. The van der Waals surface area contributed by atoms with E-state index in [-0.39, 0.29) is 5.41 Å². The Kier molecular flexibility index (Phi) is 2.59. The first-order valence-corrected chi connectivity index (χ1v) is 7.20. The Morgan fingerprint density at radius 3 is 2.90 bits per heavy atom. The Labute approximate surface area is 122 Å². The number of aryl methyl sites for hydroxylation is 1. The van der Waals surface area contributed by atoms with Gasteiger partial charge < -0.3 is 5.73 Å². The van der Waals surface area contributed by atoms with Crippen LogP contribution >= 0.6 is 0 Å². The number of hydrogen-bond acceptors (Lipinski definition) is 4. The second-order valence-electron chi connectivity index (χ2n) is 5.83. The third-order valence-electron chi connectivity index (χ3n) is 4.52. The lowest BCUT2D eigenvalue weighted by molar-refractivity contribution is 0.705. The monoisotopic (exact) mass is 279 g/mol. The average Bonchev–Trinajstić information content (AvgIpc) is 3.25. The number of fused-ring (bicyclic) bond motifs is 1. The molecule has 3 aromatic rings. The molecule has 0 saturated heterocycles. The highest BCUT2D eigenvalue weighted by atomic mass is 15.2. The molecule has 4 rings (SSSR count). The van der Waals surface area contributed by atoms with Crippen molar-refractivity contribution in [1.29, 1.82) is 0 Å². The van der Waals surface area contributed by atoms with Gasteiger partial charge in [0, 0.05) is 23.2 Å². The summed E-state index contributed by atoms with van der Waals surface area (Å²) in [4.78, 5) is 8.69. The van der Waals surface area contributed by atoms with E-state index in [0.717, 1.165) is 22.3 Å². The third-order valence-corrected chi connectivity index (χ3v) is 4.52. The molecule has 0 aliphatic heterocycles. The van der Waals surface area contributed by atoms with E-state index in [9.17, 15) is 0 Å². The zero-order valence-corrected chi connectivity index (χ0v) is 11.9. The fraction of sp³-hybridized carbons (Fsp3) is 0.312. The van der Waals surface area contributed by atoms with Crippen LogP contribution in [0.5, 0.6) is 0 Å². The zero-order valence-electron chi connectivity index (χ0n) is 11.9. The minimum atomic E-state index is 0.188. The van der Waals surface area contributed by atoms with Gasteiger partial charge in [-0.25, -0.2) is 9.97 Å². The van der Waals surface area contributed by atoms with Crippen LogP contribution in [0.15, 0.2) is 30.6 Å². The molecule has 5 heteroatoms. The van der Waals surface area contributed by atoms with Crippen molar-refractivity contribution < 1.29 is 0 Å². The number of hydrogen-bond donors (Lipinski definition) is 2. The standard InChI is InChI=1S/C16H17N5/c1-10-13-14(18-9-19-15(13)21-20-10)11-3-2-4-12(7-11)16(8-17)5-6-16/h2-4,7,9H,5-6,8,17H2,1H3,(H,18,19,20,21). The maximum absolute atomic E-state index is 5.95. The first-order chi connectivity index (χ1) is 10.2. The molecule has 2 aromatic heterocycles. The van der Waals surface area contributed by atoms with Crippen LogP contribution in [0.1, 0.15) is 24.1 Å². The molecule has 2 heterocycles. The van der Waals surface area contributed by atoms with Crippen molar-refractivity contribution in [3.63, 3.8) is 0 Å². The first-order valence-electron chi connectivity index (χ1n) is 7.20. The minimum Gasteiger partial charge on any atom is -0.330 e. The van der Waals surface area contributed by atoms with Gasteiger partial charge in [0.15, 0.2) is 5.65 Å². The van der Waals surface area contributed by atoms with Gasteiger partial charge in [-0.1, -0.05) is 18.2 Å². The van der Waals surface area contributed by atoms with Crippen LogP contribution in [-0.2, 0) is 5.41 Å². The van der Waals surface area contributed by atoms with Crippen molar-refractivity contribution in [2.45, 2.75) is 25.2 Å². The lowest BCUT2D eigenvalue weighted by Crippen LogP contribution is -2.19. The maximum Gasteiger partial charge on any atom is 0.184 e. The van der Waals surface area contributed by atoms with Crippen molar-refractivity contribution in [3.8, 4) is 11.3 Å². The van der Waals surface area contributed by atoms with Gasteiger partial charge in [-0.05, 0) is 31.4 Å². The number of aromatic nitrogens is 4. The van der Waals surface area contributed by atoms with Crippen LogP contribution in [0.25, 0.3) is 22.3 Å². The SMILES string of the molecule is Cc1[nH]nc2ncnc(-c3cccc(C4(CN)CC4)c3)c12. The summed E-state index contributed by atoms with van der Waals surface area (Å²) in [5.41, 5.74) is 11.2. The molecule has 0 atom stereocenters. The first kappa shape index (κ1) is 12.5. The van der Waals surface area contributed by atoms with Gasteiger partial charge in [0.05, 0.1) is 11.1 Å². The van der Waals surface area contributed by atoms with Crippen molar-refractivity contribution in [1.82, 2.24) is 20.2 Å². The Hall–Kier alpha value is -2.27. The van der Waals surface area contributed by atoms with E-state index in [1.54, 1.807) is 6.33 Å². The Bertz CT molecular complexity index is 816. The van der Waals surface area contributed by atoms with E-state index >= 15 is 0 Å². The third kappa shape index (κ3) is 1.85. The molecule has 1 aliphatic carbocycles. The molecule has 0 bridgehead atoms. The van der Waals surface area contributed by atoms with E-state index in [2.05, 4.69) is 44.4 Å². The highest BCUT2D eigenvalue weighted by molar-refractivity contribution is 5.92. The van der Waals surface area contributed by atoms with Gasteiger partial charge in [-0.15, -0.1) is 0 Å². The van der Waals surface area contributed by atoms with E-state index in [4.69, 9.17) is 5.73 Å². The molecule has 1 fully saturated rings. The number of nitrogens with zero attached hydrogens (tertiary/aromatic N) is 3. The summed E-state index contributed by atoms with van der Waals surface area (Å²) in [7, 11) is 0. The number of rotatable bonds is 3. The van der Waals surface area contributed by atoms with Gasteiger partial charge in [0.25, 0.3) is 0 Å². The second kappa shape index (κ2) is 4.36. The smallest absolute Gasteiger partial charge is 0.184 e.